The van der Waals surface area contributed by atoms with Crippen molar-refractivity contribution in [2.24, 2.45) is 0 Å². The number of aryl methyl sites for hydroxylation is 1. The second-order valence-electron chi connectivity index (χ2n) is 4.46. The van der Waals surface area contributed by atoms with Crippen LogP contribution in [0.3, 0.4) is 0 Å². The summed E-state index contributed by atoms with van der Waals surface area (Å²) in [5.74, 6) is 0.498. The van der Waals surface area contributed by atoms with E-state index in [0.29, 0.717) is 5.88 Å². The highest BCUT2D eigenvalue weighted by atomic mass is 35.5. The average Bonchev–Trinajstić information content (AvgIpc) is 2.80. The van der Waals surface area contributed by atoms with Crippen LogP contribution in [-0.4, -0.2) is 16.9 Å². The summed E-state index contributed by atoms with van der Waals surface area (Å²) in [6.45, 7) is 3.97. The fraction of sp³-hybridized carbons (Fsp3) is 0.357. The quantitative estimate of drug-likeness (QED) is 0.774. The summed E-state index contributed by atoms with van der Waals surface area (Å²) in [6, 6.07) is 8.49. The predicted octanol–water partition coefficient (Wildman–Crippen LogP) is 3.82. The van der Waals surface area contributed by atoms with Crippen LogP contribution < -0.4 is 0 Å². The number of rotatable bonds is 5. The van der Waals surface area contributed by atoms with Gasteiger partial charge in [-0.05, 0) is 25.1 Å². The minimum atomic E-state index is 0.498. The van der Waals surface area contributed by atoms with Crippen molar-refractivity contribution in [3.05, 3.63) is 51.5 Å². The zero-order valence-corrected chi connectivity index (χ0v) is 12.3. The van der Waals surface area contributed by atoms with E-state index in [-0.39, 0.29) is 0 Å². The topological polar surface area (TPSA) is 16.1 Å². The van der Waals surface area contributed by atoms with E-state index in [1.807, 2.05) is 5.38 Å². The predicted molar refractivity (Wildman–Crippen MR) is 78.0 cm³/mol. The smallest absolute Gasteiger partial charge is 0.107 e. The van der Waals surface area contributed by atoms with Gasteiger partial charge in [-0.15, -0.1) is 22.9 Å². The van der Waals surface area contributed by atoms with E-state index in [4.69, 9.17) is 11.6 Å². The molecule has 0 aliphatic rings. The van der Waals surface area contributed by atoms with E-state index in [0.717, 1.165) is 23.8 Å². The molecular formula is C14H17ClN2S. The van der Waals surface area contributed by atoms with Crippen LogP contribution in [0.25, 0.3) is 0 Å². The molecule has 4 heteroatoms. The van der Waals surface area contributed by atoms with Gasteiger partial charge in [0.2, 0.25) is 0 Å². The van der Waals surface area contributed by atoms with E-state index >= 15 is 0 Å². The molecule has 2 rings (SSSR count). The number of halogens is 1. The molecule has 0 saturated carbocycles. The minimum Gasteiger partial charge on any atom is -0.295 e. The summed E-state index contributed by atoms with van der Waals surface area (Å²) in [6.07, 6.45) is 0. The van der Waals surface area contributed by atoms with Crippen LogP contribution in [-0.2, 0) is 19.0 Å². The minimum absolute atomic E-state index is 0.498. The standard InChI is InChI=1S/C14H17ClN2S/c1-11-5-3-4-6-12(11)8-17(2)9-14-16-13(7-15)10-18-14/h3-6,10H,7-9H2,1-2H3. The molecule has 0 N–H and O–H groups in total. The monoisotopic (exact) mass is 280 g/mol. The molecule has 2 aromatic rings. The third kappa shape index (κ3) is 3.55. The lowest BCUT2D eigenvalue weighted by Crippen LogP contribution is -2.17. The van der Waals surface area contributed by atoms with Gasteiger partial charge < -0.3 is 0 Å². The number of hydrogen-bond donors (Lipinski definition) is 0. The van der Waals surface area contributed by atoms with Crippen LogP contribution in [0, 0.1) is 6.92 Å². The normalized spacial score (nSPS) is 11.1. The number of nitrogens with zero attached hydrogens (tertiary/aromatic N) is 2. The van der Waals surface area contributed by atoms with Gasteiger partial charge in [0.05, 0.1) is 18.1 Å². The summed E-state index contributed by atoms with van der Waals surface area (Å²) in [7, 11) is 2.12. The lowest BCUT2D eigenvalue weighted by Gasteiger charge is -2.16. The lowest BCUT2D eigenvalue weighted by atomic mass is 10.1. The lowest BCUT2D eigenvalue weighted by molar-refractivity contribution is 0.318. The molecule has 0 bridgehead atoms. The number of thiazole rings is 1. The maximum absolute atomic E-state index is 5.76. The van der Waals surface area contributed by atoms with E-state index in [2.05, 4.69) is 48.1 Å². The Morgan fingerprint density at radius 1 is 1.28 bits per heavy atom. The first kappa shape index (κ1) is 13.5. The Morgan fingerprint density at radius 2 is 2.06 bits per heavy atom. The van der Waals surface area contributed by atoms with Crippen molar-refractivity contribution < 1.29 is 0 Å². The highest BCUT2D eigenvalue weighted by Gasteiger charge is 2.07. The molecule has 0 aliphatic heterocycles. The maximum atomic E-state index is 5.76. The van der Waals surface area contributed by atoms with Gasteiger partial charge in [-0.3, -0.25) is 4.90 Å². The number of hydrogen-bond acceptors (Lipinski definition) is 3. The molecule has 0 radical (unpaired) electrons. The highest BCUT2D eigenvalue weighted by molar-refractivity contribution is 7.09. The molecule has 0 spiro atoms. The molecular weight excluding hydrogens is 264 g/mol. The molecule has 0 amide bonds. The van der Waals surface area contributed by atoms with Gasteiger partial charge in [0, 0.05) is 11.9 Å². The van der Waals surface area contributed by atoms with Gasteiger partial charge in [-0.1, -0.05) is 24.3 Å². The third-order valence-electron chi connectivity index (χ3n) is 2.84. The molecule has 1 aromatic carbocycles. The zero-order valence-electron chi connectivity index (χ0n) is 10.7. The molecule has 0 aliphatic carbocycles. The first-order valence-corrected chi connectivity index (χ1v) is 7.32. The molecule has 1 aromatic heterocycles. The summed E-state index contributed by atoms with van der Waals surface area (Å²) >= 11 is 7.44. The Labute approximate surface area is 117 Å². The molecule has 2 nitrogen and oxygen atoms in total. The van der Waals surface area contributed by atoms with Gasteiger partial charge in [-0.25, -0.2) is 4.98 Å². The first-order valence-electron chi connectivity index (χ1n) is 5.91. The van der Waals surface area contributed by atoms with Crippen molar-refractivity contribution >= 4 is 22.9 Å². The van der Waals surface area contributed by atoms with Gasteiger partial charge >= 0.3 is 0 Å². The number of aromatic nitrogens is 1. The number of benzene rings is 1. The van der Waals surface area contributed by atoms with Crippen molar-refractivity contribution in [2.75, 3.05) is 7.05 Å². The molecule has 0 fully saturated rings. The van der Waals surface area contributed by atoms with Crippen LogP contribution in [0.1, 0.15) is 21.8 Å². The van der Waals surface area contributed by atoms with Gasteiger partial charge in [0.1, 0.15) is 5.01 Å². The van der Waals surface area contributed by atoms with Gasteiger partial charge in [0.25, 0.3) is 0 Å². The fourth-order valence-corrected chi connectivity index (χ4v) is 2.95. The Morgan fingerprint density at radius 3 is 2.72 bits per heavy atom. The van der Waals surface area contributed by atoms with Crippen LogP contribution in [0.5, 0.6) is 0 Å². The molecule has 0 unspecified atom stereocenters. The Kier molecular flexibility index (Phi) is 4.75. The summed E-state index contributed by atoms with van der Waals surface area (Å²) in [5.41, 5.74) is 3.68. The number of alkyl halides is 1. The summed E-state index contributed by atoms with van der Waals surface area (Å²) in [5, 5.41) is 3.16. The van der Waals surface area contributed by atoms with Crippen LogP contribution in [0.15, 0.2) is 29.6 Å². The Balaban J connectivity index is 1.96. The van der Waals surface area contributed by atoms with Crippen molar-refractivity contribution in [3.63, 3.8) is 0 Å². The Hall–Kier alpha value is -0.900. The molecule has 18 heavy (non-hydrogen) atoms. The third-order valence-corrected chi connectivity index (χ3v) is 4.00. The van der Waals surface area contributed by atoms with Gasteiger partial charge in [-0.2, -0.15) is 0 Å². The van der Waals surface area contributed by atoms with Crippen molar-refractivity contribution in [3.8, 4) is 0 Å². The first-order chi connectivity index (χ1) is 8.69. The highest BCUT2D eigenvalue weighted by Crippen LogP contribution is 2.15. The van der Waals surface area contributed by atoms with Crippen LogP contribution in [0.2, 0.25) is 0 Å². The largest absolute Gasteiger partial charge is 0.295 e. The van der Waals surface area contributed by atoms with E-state index in [9.17, 15) is 0 Å². The molecule has 0 atom stereocenters. The van der Waals surface area contributed by atoms with E-state index in [1.165, 1.54) is 11.1 Å². The summed E-state index contributed by atoms with van der Waals surface area (Å²) < 4.78 is 0. The second-order valence-corrected chi connectivity index (χ2v) is 5.67. The molecule has 96 valence electrons. The van der Waals surface area contributed by atoms with Crippen molar-refractivity contribution in [2.45, 2.75) is 25.9 Å². The molecule has 0 saturated heterocycles. The van der Waals surface area contributed by atoms with E-state index < -0.39 is 0 Å². The fourth-order valence-electron chi connectivity index (χ4n) is 1.85. The molecule has 1 heterocycles. The average molecular weight is 281 g/mol. The maximum Gasteiger partial charge on any atom is 0.107 e. The van der Waals surface area contributed by atoms with E-state index in [1.54, 1.807) is 11.3 Å². The summed E-state index contributed by atoms with van der Waals surface area (Å²) in [4.78, 5) is 6.75. The van der Waals surface area contributed by atoms with Crippen LogP contribution in [0.4, 0.5) is 0 Å². The van der Waals surface area contributed by atoms with Crippen LogP contribution >= 0.6 is 22.9 Å². The zero-order chi connectivity index (χ0) is 13.0. The second kappa shape index (κ2) is 6.32. The Bertz CT molecular complexity index is 510. The van der Waals surface area contributed by atoms with Crippen molar-refractivity contribution in [1.29, 1.82) is 0 Å². The SMILES string of the molecule is Cc1ccccc1CN(C)Cc1nc(CCl)cs1. The van der Waals surface area contributed by atoms with Gasteiger partial charge in [0.15, 0.2) is 0 Å². The van der Waals surface area contributed by atoms with Crippen molar-refractivity contribution in [1.82, 2.24) is 9.88 Å².